The highest BCUT2D eigenvalue weighted by atomic mass is 31.2. The molecule has 3 N–H and O–H groups in total. The predicted molar refractivity (Wildman–Crippen MR) is 251 cm³/mol. The molecule has 0 rings (SSSR count). The van der Waals surface area contributed by atoms with Crippen LogP contribution in [0.3, 0.4) is 0 Å². The van der Waals surface area contributed by atoms with Gasteiger partial charge in [-0.3, -0.25) is 18.6 Å². The summed E-state index contributed by atoms with van der Waals surface area (Å²) in [6.07, 6.45) is 50.8. The van der Waals surface area contributed by atoms with Gasteiger partial charge in [-0.1, -0.05) is 184 Å². The first-order valence-electron chi connectivity index (χ1n) is 24.6. The van der Waals surface area contributed by atoms with Crippen molar-refractivity contribution in [2.75, 3.05) is 26.4 Å². The second kappa shape index (κ2) is 45.9. The molecule has 0 aliphatic carbocycles. The molecular formula is C50H91O10P. The molecule has 0 aromatic rings. The monoisotopic (exact) mass is 883 g/mol. The zero-order valence-electron chi connectivity index (χ0n) is 38.9. The Bertz CT molecular complexity index is 1150. The number of unbranched alkanes of at least 4 members (excludes halogenated alkanes) is 24. The van der Waals surface area contributed by atoms with E-state index in [0.29, 0.717) is 12.8 Å². The number of phosphoric ester groups is 1. The Morgan fingerprint density at radius 2 is 0.770 bits per heavy atom. The lowest BCUT2D eigenvalue weighted by molar-refractivity contribution is -0.153. The van der Waals surface area contributed by atoms with Crippen molar-refractivity contribution in [1.82, 2.24) is 0 Å². The van der Waals surface area contributed by atoms with Crippen LogP contribution in [0.25, 0.3) is 0 Å². The summed E-state index contributed by atoms with van der Waals surface area (Å²) in [6.45, 7) is 2.11. The maximum absolute atomic E-state index is 12.4. The van der Waals surface area contributed by atoms with Crippen molar-refractivity contribution in [3.8, 4) is 0 Å². The fraction of sp³-hybridized carbons (Fsp3) is 0.800. The maximum atomic E-state index is 12.4. The van der Waals surface area contributed by atoms with Crippen molar-refractivity contribution in [3.63, 3.8) is 0 Å². The van der Waals surface area contributed by atoms with Crippen LogP contribution in [-0.2, 0) is 32.7 Å². The first kappa shape index (κ1) is 58.9. The topological polar surface area (TPSA) is 149 Å². The molecule has 0 fully saturated rings. The molecule has 0 amide bonds. The van der Waals surface area contributed by atoms with Crippen LogP contribution in [0.15, 0.2) is 48.6 Å². The summed E-state index contributed by atoms with van der Waals surface area (Å²) in [5, 5.41) is 19.2. The van der Waals surface area contributed by atoms with Gasteiger partial charge in [0, 0.05) is 12.8 Å². The molecule has 3 unspecified atom stereocenters. The van der Waals surface area contributed by atoms with E-state index in [2.05, 4.69) is 62.5 Å². The molecule has 11 heteroatoms. The molecule has 0 radical (unpaired) electrons. The van der Waals surface area contributed by atoms with Gasteiger partial charge in [0.15, 0.2) is 0 Å². The first-order valence-corrected chi connectivity index (χ1v) is 26.1. The van der Waals surface area contributed by atoms with Gasteiger partial charge in [-0.15, -0.1) is 0 Å². The highest BCUT2D eigenvalue weighted by Crippen LogP contribution is 2.43. The van der Waals surface area contributed by atoms with Crippen molar-refractivity contribution in [2.45, 2.75) is 232 Å². The number of carbonyl (C=O) groups excluding carboxylic acids is 2. The minimum Gasteiger partial charge on any atom is -0.457 e. The lowest BCUT2D eigenvalue weighted by atomic mass is 10.1. The van der Waals surface area contributed by atoms with E-state index >= 15 is 0 Å². The molecule has 356 valence electrons. The lowest BCUT2D eigenvalue weighted by Crippen LogP contribution is -2.28. The van der Waals surface area contributed by atoms with E-state index in [1.807, 2.05) is 0 Å². The summed E-state index contributed by atoms with van der Waals surface area (Å²) in [5.41, 5.74) is 0. The van der Waals surface area contributed by atoms with E-state index in [0.717, 1.165) is 70.6 Å². The van der Waals surface area contributed by atoms with Crippen LogP contribution in [0.4, 0.5) is 0 Å². The number of esters is 2. The van der Waals surface area contributed by atoms with Crippen molar-refractivity contribution < 1.29 is 47.8 Å². The van der Waals surface area contributed by atoms with E-state index in [-0.39, 0.29) is 12.8 Å². The number of aliphatic hydroxyl groups excluding tert-OH is 2. The standard InChI is InChI=1S/C50H91O10P/c1-3-5-7-9-11-13-15-17-19-21-22-23-24-26-28-30-32-34-36-38-40-42-50(54)60-48(44-52)46-58-61(55,56)57-45-47(43-51)59-49(53)41-39-37-35-33-31-29-27-25-20-18-16-14-12-10-8-6-4-2/h6,8,12,14,18,20-22,47-48,51-52H,3-5,7,9-11,13,15-17,19,23-46H2,1-2H3,(H,55,56)/b8-6-,14-12-,20-18-,22-21-. The molecule has 0 aliphatic rings. The van der Waals surface area contributed by atoms with Crippen molar-refractivity contribution >= 4 is 19.8 Å². The van der Waals surface area contributed by atoms with Gasteiger partial charge in [0.25, 0.3) is 0 Å². The van der Waals surface area contributed by atoms with Gasteiger partial charge in [0.05, 0.1) is 26.4 Å². The summed E-state index contributed by atoms with van der Waals surface area (Å²) in [6, 6.07) is 0. The molecular weight excluding hydrogens is 792 g/mol. The van der Waals surface area contributed by atoms with Gasteiger partial charge >= 0.3 is 19.8 Å². The molecule has 0 saturated heterocycles. The number of hydrogen-bond donors (Lipinski definition) is 3. The van der Waals surface area contributed by atoms with Crippen LogP contribution in [-0.4, -0.2) is 65.7 Å². The fourth-order valence-corrected chi connectivity index (χ4v) is 7.56. The molecule has 61 heavy (non-hydrogen) atoms. The molecule has 0 spiro atoms. The van der Waals surface area contributed by atoms with Crippen LogP contribution in [0.2, 0.25) is 0 Å². The second-order valence-electron chi connectivity index (χ2n) is 16.4. The maximum Gasteiger partial charge on any atom is 0.472 e. The highest BCUT2D eigenvalue weighted by molar-refractivity contribution is 7.47. The number of aliphatic hydroxyl groups is 2. The Balaban J connectivity index is 3.86. The van der Waals surface area contributed by atoms with E-state index in [1.165, 1.54) is 109 Å². The average molecular weight is 883 g/mol. The van der Waals surface area contributed by atoms with E-state index in [4.69, 9.17) is 18.5 Å². The third-order valence-electron chi connectivity index (χ3n) is 10.5. The van der Waals surface area contributed by atoms with Gasteiger partial charge in [0.2, 0.25) is 0 Å². The summed E-state index contributed by atoms with van der Waals surface area (Å²) < 4.78 is 32.7. The third-order valence-corrected chi connectivity index (χ3v) is 11.5. The minimum atomic E-state index is -4.64. The number of allylic oxidation sites excluding steroid dienone is 8. The van der Waals surface area contributed by atoms with Crippen molar-refractivity contribution in [2.24, 2.45) is 0 Å². The number of carbonyl (C=O) groups is 2. The molecule has 0 bridgehead atoms. The number of phosphoric acid groups is 1. The molecule has 0 aromatic carbocycles. The largest absolute Gasteiger partial charge is 0.472 e. The predicted octanol–water partition coefficient (Wildman–Crippen LogP) is 13.7. The van der Waals surface area contributed by atoms with Crippen molar-refractivity contribution in [3.05, 3.63) is 48.6 Å². The first-order chi connectivity index (χ1) is 29.8. The number of hydrogen-bond acceptors (Lipinski definition) is 9. The smallest absolute Gasteiger partial charge is 0.457 e. The van der Waals surface area contributed by atoms with E-state index < -0.39 is 58.4 Å². The van der Waals surface area contributed by atoms with Gasteiger partial charge < -0.3 is 24.6 Å². The Morgan fingerprint density at radius 1 is 0.459 bits per heavy atom. The summed E-state index contributed by atoms with van der Waals surface area (Å²) in [4.78, 5) is 34.6. The van der Waals surface area contributed by atoms with Crippen LogP contribution in [0.1, 0.15) is 219 Å². The average Bonchev–Trinajstić information content (AvgIpc) is 3.25. The number of ether oxygens (including phenoxy) is 2. The Kier molecular flexibility index (Phi) is 44.4. The van der Waals surface area contributed by atoms with Gasteiger partial charge in [0.1, 0.15) is 12.2 Å². The quantitative estimate of drug-likeness (QED) is 0.0233. The zero-order chi connectivity index (χ0) is 44.8. The summed E-state index contributed by atoms with van der Waals surface area (Å²) in [5.74, 6) is -1.03. The SMILES string of the molecule is CC/C=C\C/C=C\C/C=C\CCCCCCCCCC(=O)OC(CO)COP(=O)(O)OCC(CO)OC(=O)CCCCCCCCCCC/C=C\CCCCCCCCCC. The van der Waals surface area contributed by atoms with Crippen LogP contribution < -0.4 is 0 Å². The molecule has 3 atom stereocenters. The molecule has 0 aromatic heterocycles. The Morgan fingerprint density at radius 3 is 1.13 bits per heavy atom. The second-order valence-corrected chi connectivity index (χ2v) is 17.9. The molecule has 0 heterocycles. The van der Waals surface area contributed by atoms with Crippen molar-refractivity contribution in [1.29, 1.82) is 0 Å². The minimum absolute atomic E-state index is 0.180. The van der Waals surface area contributed by atoms with Crippen LogP contribution in [0.5, 0.6) is 0 Å². The van der Waals surface area contributed by atoms with E-state index in [1.54, 1.807) is 0 Å². The third kappa shape index (κ3) is 44.3. The van der Waals surface area contributed by atoms with E-state index in [9.17, 15) is 29.3 Å². The Labute approximate surface area is 373 Å². The number of rotatable bonds is 46. The van der Waals surface area contributed by atoms with Crippen LogP contribution in [0, 0.1) is 0 Å². The normalized spacial score (nSPS) is 14.1. The van der Waals surface area contributed by atoms with Gasteiger partial charge in [-0.2, -0.15) is 0 Å². The summed E-state index contributed by atoms with van der Waals surface area (Å²) >= 11 is 0. The highest BCUT2D eigenvalue weighted by Gasteiger charge is 2.27. The molecule has 10 nitrogen and oxygen atoms in total. The summed E-state index contributed by atoms with van der Waals surface area (Å²) in [7, 11) is -4.64. The molecule has 0 aliphatic heterocycles. The lowest BCUT2D eigenvalue weighted by Gasteiger charge is -2.20. The van der Waals surface area contributed by atoms with Crippen LogP contribution >= 0.6 is 7.82 Å². The fourth-order valence-electron chi connectivity index (χ4n) is 6.77. The molecule has 0 saturated carbocycles. The zero-order valence-corrected chi connectivity index (χ0v) is 39.8. The van der Waals surface area contributed by atoms with Gasteiger partial charge in [-0.25, -0.2) is 4.57 Å². The van der Waals surface area contributed by atoms with Gasteiger partial charge in [-0.05, 0) is 70.6 Å². The Hall–Kier alpha value is -2.07.